The molecule has 1 N–H and O–H groups in total. The molecule has 1 amide bonds. The van der Waals surface area contributed by atoms with Crippen molar-refractivity contribution in [1.82, 2.24) is 4.90 Å². The van der Waals surface area contributed by atoms with Gasteiger partial charge in [0.1, 0.15) is 15.8 Å². The van der Waals surface area contributed by atoms with Crippen molar-refractivity contribution in [2.75, 3.05) is 6.61 Å². The van der Waals surface area contributed by atoms with Crippen molar-refractivity contribution in [2.45, 2.75) is 51.0 Å². The molecule has 4 nitrogen and oxygen atoms in total. The number of amides is 1. The second-order valence-corrected chi connectivity index (χ2v) is 12.4. The Labute approximate surface area is 214 Å². The fraction of sp³-hybridized carbons (Fsp3) is 0.481. The Hall–Kier alpha value is -1.60. The molecule has 5 fully saturated rings. The van der Waals surface area contributed by atoms with Crippen molar-refractivity contribution >= 4 is 51.9 Å². The molecule has 1 aromatic carbocycles. The smallest absolute Gasteiger partial charge is 0.266 e. The maximum atomic E-state index is 13.6. The van der Waals surface area contributed by atoms with Crippen LogP contribution in [0.4, 0.5) is 0 Å². The molecule has 0 unspecified atom stereocenters. The summed E-state index contributed by atoms with van der Waals surface area (Å²) in [6.45, 7) is 0.107. The van der Waals surface area contributed by atoms with Crippen LogP contribution in [-0.2, 0) is 11.2 Å². The van der Waals surface area contributed by atoms with Crippen molar-refractivity contribution in [3.8, 4) is 11.3 Å². The molecule has 1 saturated heterocycles. The highest BCUT2D eigenvalue weighted by atomic mass is 35.5. The zero-order valence-electron chi connectivity index (χ0n) is 18.9. The molecule has 178 valence electrons. The highest BCUT2D eigenvalue weighted by molar-refractivity contribution is 8.26. The van der Waals surface area contributed by atoms with Crippen molar-refractivity contribution in [1.29, 1.82) is 0 Å². The molecule has 7 rings (SSSR count). The number of hydrogen-bond donors (Lipinski definition) is 1. The highest BCUT2D eigenvalue weighted by Crippen LogP contribution is 2.56. The van der Waals surface area contributed by atoms with E-state index in [4.69, 9.17) is 28.2 Å². The summed E-state index contributed by atoms with van der Waals surface area (Å²) in [5, 5.41) is 10.0. The van der Waals surface area contributed by atoms with Crippen LogP contribution in [0.1, 0.15) is 49.8 Å². The Morgan fingerprint density at radius 1 is 1.12 bits per heavy atom. The molecule has 2 heterocycles. The zero-order valence-corrected chi connectivity index (χ0v) is 21.3. The quantitative estimate of drug-likeness (QED) is 0.350. The standard InChI is InChI=1S/C27H28ClNO3S2/c28-21-5-3-17(4-6-21)22-13-18(2-1-7-30)23(32-22)14-24-26(31)29(27(33)34-24)25-19-9-15-8-16(11-19)12-20(25)10-15/h3-6,13-16,19-20,25,30H,1-2,7-12H2/b24-14-. The first kappa shape index (κ1) is 22.8. The molecule has 0 spiro atoms. The largest absolute Gasteiger partial charge is 0.456 e. The first-order valence-electron chi connectivity index (χ1n) is 12.3. The number of carbonyl (C=O) groups is 1. The second kappa shape index (κ2) is 9.12. The van der Waals surface area contributed by atoms with Gasteiger partial charge in [-0.25, -0.2) is 0 Å². The van der Waals surface area contributed by atoms with E-state index >= 15 is 0 Å². The van der Waals surface area contributed by atoms with Crippen molar-refractivity contribution in [2.24, 2.45) is 23.7 Å². The van der Waals surface area contributed by atoms with Crippen LogP contribution < -0.4 is 0 Å². The Kier molecular flexibility index (Phi) is 6.13. The van der Waals surface area contributed by atoms with E-state index in [2.05, 4.69) is 0 Å². The van der Waals surface area contributed by atoms with Gasteiger partial charge in [0, 0.05) is 29.3 Å². The number of hydrogen-bond acceptors (Lipinski definition) is 5. The average Bonchev–Trinajstić information content (AvgIpc) is 3.33. The molecule has 2 aromatic rings. The number of thiocarbonyl (C=S) groups is 1. The van der Waals surface area contributed by atoms with E-state index in [9.17, 15) is 9.90 Å². The van der Waals surface area contributed by atoms with E-state index in [1.165, 1.54) is 43.9 Å². The van der Waals surface area contributed by atoms with Crippen LogP contribution in [0.15, 0.2) is 39.7 Å². The number of thioether (sulfide) groups is 1. The lowest BCUT2D eigenvalue weighted by Crippen LogP contribution is -2.57. The van der Waals surface area contributed by atoms with E-state index in [0.717, 1.165) is 28.7 Å². The van der Waals surface area contributed by atoms with Gasteiger partial charge < -0.3 is 9.52 Å². The van der Waals surface area contributed by atoms with Crippen molar-refractivity contribution in [3.05, 3.63) is 51.6 Å². The van der Waals surface area contributed by atoms with E-state index in [1.54, 1.807) is 0 Å². The topological polar surface area (TPSA) is 53.7 Å². The molecule has 7 heteroatoms. The predicted octanol–water partition coefficient (Wildman–Crippen LogP) is 6.55. The summed E-state index contributed by atoms with van der Waals surface area (Å²) in [6.07, 6.45) is 9.57. The van der Waals surface area contributed by atoms with Crippen LogP contribution in [0.25, 0.3) is 17.4 Å². The van der Waals surface area contributed by atoms with Crippen LogP contribution in [0.2, 0.25) is 5.02 Å². The van der Waals surface area contributed by atoms with Crippen LogP contribution in [0.5, 0.6) is 0 Å². The first-order chi connectivity index (χ1) is 16.5. The average molecular weight is 514 g/mol. The summed E-state index contributed by atoms with van der Waals surface area (Å²) in [7, 11) is 0. The van der Waals surface area contributed by atoms with E-state index < -0.39 is 0 Å². The molecule has 4 saturated carbocycles. The molecule has 1 aromatic heterocycles. The van der Waals surface area contributed by atoms with Crippen LogP contribution in [-0.4, -0.2) is 32.9 Å². The summed E-state index contributed by atoms with van der Waals surface area (Å²) in [5.74, 6) is 4.34. The summed E-state index contributed by atoms with van der Waals surface area (Å²) in [5.41, 5.74) is 1.91. The van der Waals surface area contributed by atoms with Crippen molar-refractivity contribution < 1.29 is 14.3 Å². The Morgan fingerprint density at radius 2 is 1.79 bits per heavy atom. The fourth-order valence-corrected chi connectivity index (χ4v) is 8.40. The number of furan rings is 1. The Balaban J connectivity index is 1.30. The number of aliphatic hydroxyl groups is 1. The molecular weight excluding hydrogens is 486 g/mol. The number of halogens is 1. The normalized spacial score (nSPS) is 31.3. The van der Waals surface area contributed by atoms with E-state index in [0.29, 0.717) is 44.7 Å². The summed E-state index contributed by atoms with van der Waals surface area (Å²) >= 11 is 13.2. The lowest BCUT2D eigenvalue weighted by atomic mass is 9.54. The molecule has 0 radical (unpaired) electrons. The van der Waals surface area contributed by atoms with Crippen LogP contribution >= 0.6 is 35.6 Å². The number of aliphatic hydroxyl groups excluding tert-OH is 1. The molecule has 0 atom stereocenters. The monoisotopic (exact) mass is 513 g/mol. The predicted molar refractivity (Wildman–Crippen MR) is 140 cm³/mol. The maximum Gasteiger partial charge on any atom is 0.266 e. The SMILES string of the molecule is O=C1/C(=C/c2oc(-c3ccc(Cl)cc3)cc2CCCO)SC(=S)N1C1C2CC3CC(C2)CC1C3. The highest BCUT2D eigenvalue weighted by Gasteiger charge is 2.53. The van der Waals surface area contributed by atoms with Gasteiger partial charge in [-0.1, -0.05) is 35.6 Å². The molecule has 34 heavy (non-hydrogen) atoms. The lowest BCUT2D eigenvalue weighted by molar-refractivity contribution is -0.130. The van der Waals surface area contributed by atoms with Gasteiger partial charge in [0.25, 0.3) is 5.91 Å². The number of rotatable bonds is 6. The second-order valence-electron chi connectivity index (χ2n) is 10.3. The third-order valence-electron chi connectivity index (χ3n) is 8.14. The minimum atomic E-state index is 0.0324. The number of benzene rings is 1. The van der Waals surface area contributed by atoms with E-state index in [-0.39, 0.29) is 18.6 Å². The van der Waals surface area contributed by atoms with Crippen LogP contribution in [0.3, 0.4) is 0 Å². The van der Waals surface area contributed by atoms with Crippen molar-refractivity contribution in [3.63, 3.8) is 0 Å². The summed E-state index contributed by atoms with van der Waals surface area (Å²) in [6, 6.07) is 9.79. The zero-order chi connectivity index (χ0) is 23.4. The number of carbonyl (C=O) groups excluding carboxylic acids is 1. The van der Waals surface area contributed by atoms with Gasteiger partial charge in [-0.05, 0) is 105 Å². The maximum absolute atomic E-state index is 13.6. The first-order valence-corrected chi connectivity index (χ1v) is 13.9. The molecule has 1 aliphatic heterocycles. The molecular formula is C27H28ClNO3S2. The lowest BCUT2D eigenvalue weighted by Gasteiger charge is -2.56. The van der Waals surface area contributed by atoms with Gasteiger partial charge in [-0.15, -0.1) is 0 Å². The fourth-order valence-electron chi connectivity index (χ4n) is 6.96. The van der Waals surface area contributed by atoms with Gasteiger partial charge >= 0.3 is 0 Å². The third kappa shape index (κ3) is 4.06. The van der Waals surface area contributed by atoms with Gasteiger partial charge in [0.2, 0.25) is 0 Å². The van der Waals surface area contributed by atoms with Gasteiger partial charge in [-0.2, -0.15) is 0 Å². The molecule has 4 aliphatic carbocycles. The minimum absolute atomic E-state index is 0.0324. The molecule has 4 bridgehead atoms. The molecule has 5 aliphatic rings. The number of nitrogens with zero attached hydrogens (tertiary/aromatic N) is 1. The summed E-state index contributed by atoms with van der Waals surface area (Å²) < 4.78 is 6.92. The van der Waals surface area contributed by atoms with Crippen LogP contribution in [0, 0.1) is 23.7 Å². The number of aryl methyl sites for hydroxylation is 1. The Morgan fingerprint density at radius 3 is 2.44 bits per heavy atom. The Bertz CT molecular complexity index is 1130. The summed E-state index contributed by atoms with van der Waals surface area (Å²) in [4.78, 5) is 16.2. The van der Waals surface area contributed by atoms with Gasteiger partial charge in [-0.3, -0.25) is 9.69 Å². The van der Waals surface area contributed by atoms with Gasteiger partial charge in [0.15, 0.2) is 0 Å². The van der Waals surface area contributed by atoms with E-state index in [1.807, 2.05) is 41.3 Å². The van der Waals surface area contributed by atoms with Gasteiger partial charge in [0.05, 0.1) is 4.91 Å². The third-order valence-corrected chi connectivity index (χ3v) is 9.72. The minimum Gasteiger partial charge on any atom is -0.456 e.